The Bertz CT molecular complexity index is 937. The van der Waals surface area contributed by atoms with Crippen LogP contribution >= 0.6 is 0 Å². The molecule has 0 saturated heterocycles. The predicted molar refractivity (Wildman–Crippen MR) is 90.1 cm³/mol. The van der Waals surface area contributed by atoms with Gasteiger partial charge in [-0.15, -0.1) is 13.2 Å². The molecule has 0 unspecified atom stereocenters. The molecule has 0 aliphatic rings. The maximum absolute atomic E-state index is 12.8. The minimum atomic E-state index is -4.52. The number of nitrogens with zero attached hydrogens (tertiary/aromatic N) is 1. The average Bonchev–Trinajstić information content (AvgIpc) is 2.53. The quantitative estimate of drug-likeness (QED) is 0.767. The molecule has 0 spiro atoms. The SMILES string of the molecule is C=CCC(CC=C)(c1ccc(C(F)(F)F)cc1)n1c(=O)[nH]c(=O)[nH]c1=O. The van der Waals surface area contributed by atoms with Gasteiger partial charge in [-0.2, -0.15) is 13.2 Å². The van der Waals surface area contributed by atoms with Crippen LogP contribution in [-0.2, 0) is 11.7 Å². The van der Waals surface area contributed by atoms with Crippen molar-refractivity contribution in [1.82, 2.24) is 14.5 Å². The molecule has 0 saturated carbocycles. The molecular weight excluding hydrogens is 351 g/mol. The summed E-state index contributed by atoms with van der Waals surface area (Å²) >= 11 is 0. The van der Waals surface area contributed by atoms with Crippen molar-refractivity contribution < 1.29 is 13.2 Å². The van der Waals surface area contributed by atoms with E-state index in [2.05, 4.69) is 13.2 Å². The van der Waals surface area contributed by atoms with Gasteiger partial charge in [0.1, 0.15) is 0 Å². The Morgan fingerprint density at radius 3 is 1.69 bits per heavy atom. The first kappa shape index (κ1) is 19.2. The van der Waals surface area contributed by atoms with Gasteiger partial charge in [0.15, 0.2) is 0 Å². The topological polar surface area (TPSA) is 87.7 Å². The molecule has 0 bridgehead atoms. The minimum Gasteiger partial charge on any atom is -0.259 e. The van der Waals surface area contributed by atoms with Crippen LogP contribution in [0.2, 0.25) is 0 Å². The van der Waals surface area contributed by atoms with Gasteiger partial charge in [-0.1, -0.05) is 24.3 Å². The molecule has 0 fully saturated rings. The van der Waals surface area contributed by atoms with Gasteiger partial charge in [-0.05, 0) is 30.5 Å². The van der Waals surface area contributed by atoms with Gasteiger partial charge in [-0.25, -0.2) is 19.0 Å². The normalized spacial score (nSPS) is 12.0. The number of halogens is 3. The zero-order chi connectivity index (χ0) is 19.5. The van der Waals surface area contributed by atoms with Crippen LogP contribution in [0.5, 0.6) is 0 Å². The molecule has 2 aromatic rings. The number of benzene rings is 1. The molecule has 1 aromatic heterocycles. The number of aromatic nitrogens is 3. The van der Waals surface area contributed by atoms with Gasteiger partial charge in [-0.3, -0.25) is 9.97 Å². The van der Waals surface area contributed by atoms with E-state index in [-0.39, 0.29) is 18.4 Å². The Morgan fingerprint density at radius 2 is 1.31 bits per heavy atom. The van der Waals surface area contributed by atoms with Crippen molar-refractivity contribution in [2.75, 3.05) is 0 Å². The van der Waals surface area contributed by atoms with Crippen LogP contribution in [0.1, 0.15) is 24.0 Å². The van der Waals surface area contributed by atoms with Gasteiger partial charge in [0.2, 0.25) is 0 Å². The summed E-state index contributed by atoms with van der Waals surface area (Å²) in [5.74, 6) is 0. The number of alkyl halides is 3. The summed E-state index contributed by atoms with van der Waals surface area (Å²) in [6.07, 6.45) is -1.58. The van der Waals surface area contributed by atoms with Crippen molar-refractivity contribution in [3.05, 3.63) is 92.2 Å². The summed E-state index contributed by atoms with van der Waals surface area (Å²) in [4.78, 5) is 39.8. The van der Waals surface area contributed by atoms with Crippen LogP contribution in [0.4, 0.5) is 13.2 Å². The molecule has 26 heavy (non-hydrogen) atoms. The van der Waals surface area contributed by atoms with E-state index in [1.807, 2.05) is 9.97 Å². The molecule has 0 radical (unpaired) electrons. The fourth-order valence-electron chi connectivity index (χ4n) is 2.90. The third-order valence-corrected chi connectivity index (χ3v) is 3.99. The molecule has 2 N–H and O–H groups in total. The Labute approximate surface area is 145 Å². The number of allylic oxidation sites excluding steroid dienone is 2. The number of nitrogens with one attached hydrogen (secondary N) is 2. The van der Waals surface area contributed by atoms with Crippen molar-refractivity contribution in [2.24, 2.45) is 0 Å². The Morgan fingerprint density at radius 1 is 0.885 bits per heavy atom. The van der Waals surface area contributed by atoms with Crippen molar-refractivity contribution >= 4 is 0 Å². The molecule has 2 rings (SSSR count). The number of H-pyrrole nitrogens is 2. The molecule has 6 nitrogen and oxygen atoms in total. The van der Waals surface area contributed by atoms with Gasteiger partial charge < -0.3 is 0 Å². The lowest BCUT2D eigenvalue weighted by molar-refractivity contribution is -0.137. The lowest BCUT2D eigenvalue weighted by atomic mass is 9.82. The number of aromatic amines is 2. The molecule has 1 aromatic carbocycles. The Balaban J connectivity index is 2.81. The summed E-state index contributed by atoms with van der Waals surface area (Å²) in [6, 6.07) is 4.10. The van der Waals surface area contributed by atoms with Crippen molar-refractivity contribution in [3.8, 4) is 0 Å². The van der Waals surface area contributed by atoms with Gasteiger partial charge in [0, 0.05) is 0 Å². The first-order chi connectivity index (χ1) is 12.2. The average molecular weight is 367 g/mol. The molecular formula is C17H16F3N3O3. The lowest BCUT2D eigenvalue weighted by Crippen LogP contribution is -2.53. The molecule has 0 amide bonds. The minimum absolute atomic E-state index is 0.0411. The Hall–Kier alpha value is -3.10. The lowest BCUT2D eigenvalue weighted by Gasteiger charge is -2.33. The molecule has 9 heteroatoms. The third kappa shape index (κ3) is 3.46. The van der Waals surface area contributed by atoms with Crippen molar-refractivity contribution in [2.45, 2.75) is 24.6 Å². The highest BCUT2D eigenvalue weighted by Crippen LogP contribution is 2.35. The molecule has 1 heterocycles. The van der Waals surface area contributed by atoms with Crippen molar-refractivity contribution in [3.63, 3.8) is 0 Å². The summed E-state index contributed by atoms with van der Waals surface area (Å²) < 4.78 is 39.2. The van der Waals surface area contributed by atoms with E-state index in [4.69, 9.17) is 0 Å². The maximum atomic E-state index is 12.8. The number of hydrogen-bond acceptors (Lipinski definition) is 3. The van der Waals surface area contributed by atoms with E-state index in [1.165, 1.54) is 24.3 Å². The van der Waals surface area contributed by atoms with Crippen LogP contribution in [-0.4, -0.2) is 14.5 Å². The number of hydrogen-bond donors (Lipinski definition) is 2. The summed E-state index contributed by atoms with van der Waals surface area (Å²) in [5, 5.41) is 0. The summed E-state index contributed by atoms with van der Waals surface area (Å²) in [6.45, 7) is 7.20. The largest absolute Gasteiger partial charge is 0.416 e. The van der Waals surface area contributed by atoms with E-state index in [0.717, 1.165) is 16.7 Å². The van der Waals surface area contributed by atoms with Gasteiger partial charge in [0.25, 0.3) is 0 Å². The fourth-order valence-corrected chi connectivity index (χ4v) is 2.90. The molecule has 0 aliphatic heterocycles. The van der Waals surface area contributed by atoms with Gasteiger partial charge in [0.05, 0.1) is 11.1 Å². The van der Waals surface area contributed by atoms with E-state index in [0.29, 0.717) is 0 Å². The van der Waals surface area contributed by atoms with Gasteiger partial charge >= 0.3 is 23.2 Å². The zero-order valence-electron chi connectivity index (χ0n) is 13.6. The van der Waals surface area contributed by atoms with Crippen LogP contribution in [0.25, 0.3) is 0 Å². The van der Waals surface area contributed by atoms with E-state index in [9.17, 15) is 27.6 Å². The summed E-state index contributed by atoms with van der Waals surface area (Å²) in [5.41, 5.74) is -4.93. The second kappa shape index (κ2) is 7.03. The predicted octanol–water partition coefficient (Wildman–Crippen LogP) is 2.14. The highest BCUT2D eigenvalue weighted by molar-refractivity contribution is 5.32. The monoisotopic (exact) mass is 367 g/mol. The number of rotatable bonds is 6. The second-order valence-electron chi connectivity index (χ2n) is 5.62. The fraction of sp³-hybridized carbons (Fsp3) is 0.235. The first-order valence-electron chi connectivity index (χ1n) is 7.51. The van der Waals surface area contributed by atoms with Crippen LogP contribution in [0.15, 0.2) is 64.0 Å². The first-order valence-corrected chi connectivity index (χ1v) is 7.51. The smallest absolute Gasteiger partial charge is 0.259 e. The van der Waals surface area contributed by atoms with Crippen LogP contribution < -0.4 is 17.1 Å². The maximum Gasteiger partial charge on any atom is 0.416 e. The highest BCUT2D eigenvalue weighted by Gasteiger charge is 2.37. The van der Waals surface area contributed by atoms with E-state index >= 15 is 0 Å². The summed E-state index contributed by atoms with van der Waals surface area (Å²) in [7, 11) is 0. The van der Waals surface area contributed by atoms with E-state index in [1.54, 1.807) is 0 Å². The Kier molecular flexibility index (Phi) is 5.20. The van der Waals surface area contributed by atoms with Crippen LogP contribution in [0.3, 0.4) is 0 Å². The van der Waals surface area contributed by atoms with E-state index < -0.39 is 34.3 Å². The molecule has 138 valence electrons. The molecule has 0 aliphatic carbocycles. The molecule has 0 atom stereocenters. The highest BCUT2D eigenvalue weighted by atomic mass is 19.4. The zero-order valence-corrected chi connectivity index (χ0v) is 13.6. The third-order valence-electron chi connectivity index (χ3n) is 3.99. The standard InChI is InChI=1S/C17H16F3N3O3/c1-3-9-16(10-4-2,23-14(25)21-13(24)22-15(23)26)11-5-7-12(8-6-11)17(18,19)20/h3-8H,1-2,9-10H2,(H2,21,22,24,25,26). The van der Waals surface area contributed by atoms with Crippen molar-refractivity contribution in [1.29, 1.82) is 0 Å². The second-order valence-corrected chi connectivity index (χ2v) is 5.62. The van der Waals surface area contributed by atoms with Crippen LogP contribution in [0, 0.1) is 0 Å².